The maximum absolute atomic E-state index is 5.49. The van der Waals surface area contributed by atoms with Crippen LogP contribution in [0.1, 0.15) is 30.2 Å². The van der Waals surface area contributed by atoms with Crippen LogP contribution in [0, 0.1) is 5.92 Å². The Kier molecular flexibility index (Phi) is 2.78. The van der Waals surface area contributed by atoms with Crippen molar-refractivity contribution in [3.8, 4) is 0 Å². The first-order valence-electron chi connectivity index (χ1n) is 6.17. The van der Waals surface area contributed by atoms with Gasteiger partial charge in [-0.05, 0) is 49.1 Å². The quantitative estimate of drug-likeness (QED) is 0.853. The molecule has 0 bridgehead atoms. The van der Waals surface area contributed by atoms with Crippen LogP contribution in [0.3, 0.4) is 0 Å². The van der Waals surface area contributed by atoms with Crippen molar-refractivity contribution in [2.75, 3.05) is 19.8 Å². The van der Waals surface area contributed by atoms with E-state index in [4.69, 9.17) is 4.74 Å². The van der Waals surface area contributed by atoms with E-state index in [1.807, 2.05) is 11.3 Å². The lowest BCUT2D eigenvalue weighted by atomic mass is 9.80. The lowest BCUT2D eigenvalue weighted by Gasteiger charge is -2.37. The van der Waals surface area contributed by atoms with E-state index >= 15 is 0 Å². The fourth-order valence-electron chi connectivity index (χ4n) is 3.08. The van der Waals surface area contributed by atoms with Gasteiger partial charge in [0.2, 0.25) is 0 Å². The molecule has 3 heterocycles. The molecule has 88 valence electrons. The van der Waals surface area contributed by atoms with Gasteiger partial charge in [-0.1, -0.05) is 0 Å². The highest BCUT2D eigenvalue weighted by atomic mass is 32.1. The van der Waals surface area contributed by atoms with Crippen molar-refractivity contribution in [1.82, 2.24) is 5.32 Å². The van der Waals surface area contributed by atoms with Gasteiger partial charge in [-0.2, -0.15) is 0 Å². The molecular weight excluding hydrogens is 218 g/mol. The summed E-state index contributed by atoms with van der Waals surface area (Å²) in [6.07, 6.45) is 3.65. The Labute approximate surface area is 101 Å². The zero-order chi connectivity index (χ0) is 11.0. The Bertz CT molecular complexity index is 370. The molecule has 0 spiro atoms. The molecule has 2 nitrogen and oxygen atoms in total. The minimum absolute atomic E-state index is 0.186. The van der Waals surface area contributed by atoms with E-state index in [1.54, 1.807) is 4.88 Å². The standard InChI is InChI=1S/C13H19NOS/c1-13(8-10-3-6-15-9-10)11-4-7-16-12(11)2-5-14-13/h4,7,10,14H,2-3,5-6,8-9H2,1H3. The summed E-state index contributed by atoms with van der Waals surface area (Å²) in [5.41, 5.74) is 1.72. The Balaban J connectivity index is 1.82. The van der Waals surface area contributed by atoms with Gasteiger partial charge in [-0.15, -0.1) is 11.3 Å². The van der Waals surface area contributed by atoms with Crippen LogP contribution >= 0.6 is 11.3 Å². The zero-order valence-corrected chi connectivity index (χ0v) is 10.6. The molecule has 1 aromatic rings. The van der Waals surface area contributed by atoms with Crippen LogP contribution in [-0.2, 0) is 16.7 Å². The molecule has 0 radical (unpaired) electrons. The van der Waals surface area contributed by atoms with Gasteiger partial charge in [-0.3, -0.25) is 0 Å². The molecule has 3 rings (SSSR count). The molecule has 0 amide bonds. The zero-order valence-electron chi connectivity index (χ0n) is 9.79. The predicted octanol–water partition coefficient (Wildman–Crippen LogP) is 2.54. The molecule has 1 aromatic heterocycles. The van der Waals surface area contributed by atoms with Gasteiger partial charge in [0.25, 0.3) is 0 Å². The van der Waals surface area contributed by atoms with Crippen LogP contribution in [0.2, 0.25) is 0 Å². The number of rotatable bonds is 2. The third kappa shape index (κ3) is 1.81. The second kappa shape index (κ2) is 4.13. The van der Waals surface area contributed by atoms with Crippen molar-refractivity contribution >= 4 is 11.3 Å². The monoisotopic (exact) mass is 237 g/mol. The van der Waals surface area contributed by atoms with Crippen molar-refractivity contribution in [2.24, 2.45) is 5.92 Å². The number of hydrogen-bond acceptors (Lipinski definition) is 3. The summed E-state index contributed by atoms with van der Waals surface area (Å²) in [5.74, 6) is 0.739. The molecule has 1 fully saturated rings. The average molecular weight is 237 g/mol. The number of hydrogen-bond donors (Lipinski definition) is 1. The molecule has 2 aliphatic heterocycles. The Hall–Kier alpha value is -0.380. The number of fused-ring (bicyclic) bond motifs is 1. The highest BCUT2D eigenvalue weighted by Crippen LogP contribution is 2.38. The van der Waals surface area contributed by atoms with Crippen molar-refractivity contribution in [2.45, 2.75) is 31.7 Å². The van der Waals surface area contributed by atoms with Gasteiger partial charge >= 0.3 is 0 Å². The summed E-state index contributed by atoms with van der Waals surface area (Å²) in [4.78, 5) is 1.58. The van der Waals surface area contributed by atoms with Gasteiger partial charge in [0.1, 0.15) is 0 Å². The topological polar surface area (TPSA) is 21.3 Å². The molecule has 0 saturated carbocycles. The summed E-state index contributed by atoms with van der Waals surface area (Å²) in [6, 6.07) is 2.31. The third-order valence-electron chi connectivity index (χ3n) is 3.93. The van der Waals surface area contributed by atoms with Gasteiger partial charge < -0.3 is 10.1 Å². The first kappa shape index (κ1) is 10.8. The van der Waals surface area contributed by atoms with Gasteiger partial charge in [0.05, 0.1) is 0 Å². The van der Waals surface area contributed by atoms with Crippen molar-refractivity contribution in [3.63, 3.8) is 0 Å². The summed E-state index contributed by atoms with van der Waals surface area (Å²) in [7, 11) is 0. The SMILES string of the molecule is CC1(CC2CCOC2)NCCc2sccc21. The molecule has 2 aliphatic rings. The van der Waals surface area contributed by atoms with E-state index in [1.165, 1.54) is 24.8 Å². The molecule has 3 heteroatoms. The molecule has 0 aliphatic carbocycles. The highest BCUT2D eigenvalue weighted by Gasteiger charge is 2.35. The Morgan fingerprint density at radius 1 is 1.62 bits per heavy atom. The predicted molar refractivity (Wildman–Crippen MR) is 66.9 cm³/mol. The summed E-state index contributed by atoms with van der Waals surface area (Å²) < 4.78 is 5.49. The lowest BCUT2D eigenvalue weighted by Crippen LogP contribution is -2.45. The van der Waals surface area contributed by atoms with E-state index in [0.717, 1.165) is 25.7 Å². The minimum Gasteiger partial charge on any atom is -0.381 e. The molecule has 2 unspecified atom stereocenters. The summed E-state index contributed by atoms with van der Waals surface area (Å²) in [6.45, 7) is 5.39. The van der Waals surface area contributed by atoms with E-state index < -0.39 is 0 Å². The van der Waals surface area contributed by atoms with Crippen molar-refractivity contribution in [1.29, 1.82) is 0 Å². The molecule has 0 aromatic carbocycles. The maximum Gasteiger partial charge on any atom is 0.0495 e. The van der Waals surface area contributed by atoms with Gasteiger partial charge in [0.15, 0.2) is 0 Å². The van der Waals surface area contributed by atoms with E-state index in [-0.39, 0.29) is 5.54 Å². The first-order valence-corrected chi connectivity index (χ1v) is 7.05. The Morgan fingerprint density at radius 2 is 2.56 bits per heavy atom. The third-order valence-corrected chi connectivity index (χ3v) is 4.91. The number of nitrogens with one attached hydrogen (secondary N) is 1. The van der Waals surface area contributed by atoms with Crippen molar-refractivity contribution in [3.05, 3.63) is 21.9 Å². The summed E-state index contributed by atoms with van der Waals surface area (Å²) >= 11 is 1.91. The number of ether oxygens (including phenoxy) is 1. The van der Waals surface area contributed by atoms with Gasteiger partial charge in [-0.25, -0.2) is 0 Å². The molecule has 1 N–H and O–H groups in total. The van der Waals surface area contributed by atoms with Crippen LogP contribution < -0.4 is 5.32 Å². The van der Waals surface area contributed by atoms with E-state index in [2.05, 4.69) is 23.7 Å². The van der Waals surface area contributed by atoms with E-state index in [0.29, 0.717) is 0 Å². The smallest absolute Gasteiger partial charge is 0.0495 e. The molecule has 16 heavy (non-hydrogen) atoms. The van der Waals surface area contributed by atoms with Crippen LogP contribution in [0.5, 0.6) is 0 Å². The molecule has 2 atom stereocenters. The maximum atomic E-state index is 5.49. The fourth-order valence-corrected chi connectivity index (χ4v) is 4.09. The normalized spacial score (nSPS) is 33.9. The van der Waals surface area contributed by atoms with E-state index in [9.17, 15) is 0 Å². The van der Waals surface area contributed by atoms with Crippen LogP contribution in [-0.4, -0.2) is 19.8 Å². The van der Waals surface area contributed by atoms with Gasteiger partial charge in [0, 0.05) is 30.2 Å². The second-order valence-corrected chi connectivity index (χ2v) is 6.20. The molecule has 1 saturated heterocycles. The molecular formula is C13H19NOS. The lowest BCUT2D eigenvalue weighted by molar-refractivity contribution is 0.172. The second-order valence-electron chi connectivity index (χ2n) is 5.20. The first-order chi connectivity index (χ1) is 7.78. The largest absolute Gasteiger partial charge is 0.381 e. The Morgan fingerprint density at radius 3 is 3.38 bits per heavy atom. The number of thiophene rings is 1. The average Bonchev–Trinajstić information content (AvgIpc) is 2.88. The fraction of sp³-hybridized carbons (Fsp3) is 0.692. The van der Waals surface area contributed by atoms with Crippen LogP contribution in [0.25, 0.3) is 0 Å². The highest BCUT2D eigenvalue weighted by molar-refractivity contribution is 7.10. The summed E-state index contributed by atoms with van der Waals surface area (Å²) in [5, 5.41) is 5.95. The van der Waals surface area contributed by atoms with Crippen molar-refractivity contribution < 1.29 is 4.74 Å². The van der Waals surface area contributed by atoms with Crippen LogP contribution in [0.4, 0.5) is 0 Å². The van der Waals surface area contributed by atoms with Crippen LogP contribution in [0.15, 0.2) is 11.4 Å². The minimum atomic E-state index is 0.186.